The zero-order valence-electron chi connectivity index (χ0n) is 7.04. The quantitative estimate of drug-likeness (QED) is 0.314. The van der Waals surface area contributed by atoms with E-state index in [1.165, 1.54) is 0 Å². The van der Waals surface area contributed by atoms with Gasteiger partial charge in [-0.3, -0.25) is 9.59 Å². The van der Waals surface area contributed by atoms with Crippen molar-refractivity contribution in [2.75, 3.05) is 5.32 Å². The molecular formula is C8H6N4O2. The third kappa shape index (κ3) is 2.62. The zero-order valence-corrected chi connectivity index (χ0v) is 7.04. The Labute approximate surface area is 79.2 Å². The average molecular weight is 190 g/mol. The number of hydrogen-bond donors (Lipinski definition) is 1. The van der Waals surface area contributed by atoms with Gasteiger partial charge in [0.1, 0.15) is 0 Å². The molecule has 1 aromatic rings. The van der Waals surface area contributed by atoms with Gasteiger partial charge in [0.05, 0.1) is 0 Å². The molecule has 0 aromatic heterocycles. The third-order valence-corrected chi connectivity index (χ3v) is 1.36. The molecule has 0 aliphatic rings. The Hall–Kier alpha value is -2.33. The maximum absolute atomic E-state index is 11.0. The summed E-state index contributed by atoms with van der Waals surface area (Å²) in [6.45, 7) is 0. The summed E-state index contributed by atoms with van der Waals surface area (Å²) in [4.78, 5) is 23.9. The van der Waals surface area contributed by atoms with E-state index in [9.17, 15) is 9.59 Å². The van der Waals surface area contributed by atoms with Crippen molar-refractivity contribution in [1.82, 2.24) is 0 Å². The summed E-state index contributed by atoms with van der Waals surface area (Å²) in [5.74, 6) is -2.11. The molecule has 0 bridgehead atoms. The van der Waals surface area contributed by atoms with E-state index in [0.29, 0.717) is 5.69 Å². The number of benzene rings is 1. The molecule has 6 nitrogen and oxygen atoms in total. The number of amides is 2. The van der Waals surface area contributed by atoms with E-state index in [0.717, 1.165) is 0 Å². The Morgan fingerprint density at radius 2 is 1.93 bits per heavy atom. The Balaban J connectivity index is 2.67. The van der Waals surface area contributed by atoms with Crippen molar-refractivity contribution in [3.05, 3.63) is 40.8 Å². The van der Waals surface area contributed by atoms with Crippen LogP contribution in [0, 0.1) is 0 Å². The molecule has 0 atom stereocenters. The highest BCUT2D eigenvalue weighted by atomic mass is 16.2. The number of anilines is 1. The molecule has 0 unspecified atom stereocenters. The van der Waals surface area contributed by atoms with Gasteiger partial charge >= 0.3 is 5.91 Å². The lowest BCUT2D eigenvalue weighted by atomic mass is 10.3. The zero-order chi connectivity index (χ0) is 10.4. The molecule has 1 N–H and O–H groups in total. The number of hydrogen-bond acceptors (Lipinski definition) is 2. The number of para-hydroxylation sites is 1. The van der Waals surface area contributed by atoms with Gasteiger partial charge in [0.25, 0.3) is 5.91 Å². The summed E-state index contributed by atoms with van der Waals surface area (Å²) in [6, 6.07) is 8.40. The number of nitrogens with one attached hydrogen (secondary N) is 1. The van der Waals surface area contributed by atoms with Crippen molar-refractivity contribution < 1.29 is 9.59 Å². The monoisotopic (exact) mass is 190 g/mol. The Bertz CT molecular complexity index is 395. The van der Waals surface area contributed by atoms with Crippen LogP contribution in [0.4, 0.5) is 5.69 Å². The second-order valence-electron chi connectivity index (χ2n) is 2.31. The maximum Gasteiger partial charge on any atom is 0.306 e. The highest BCUT2D eigenvalue weighted by Gasteiger charge is 2.10. The first-order valence-electron chi connectivity index (χ1n) is 3.69. The molecule has 0 saturated heterocycles. The lowest BCUT2D eigenvalue weighted by Crippen LogP contribution is -2.20. The normalized spacial score (nSPS) is 8.57. The summed E-state index contributed by atoms with van der Waals surface area (Å²) in [6.07, 6.45) is 0. The summed E-state index contributed by atoms with van der Waals surface area (Å²) in [5, 5.41) is 4.92. The SMILES string of the molecule is [N-]=[N+]=NC(=O)C(=O)Nc1ccccc1. The Kier molecular flexibility index (Phi) is 3.23. The molecule has 1 aromatic carbocycles. The molecule has 0 fully saturated rings. The van der Waals surface area contributed by atoms with Gasteiger partial charge in [0.15, 0.2) is 0 Å². The predicted octanol–water partition coefficient (Wildman–Crippen LogP) is 1.46. The fraction of sp³-hybridized carbons (Fsp3) is 0. The van der Waals surface area contributed by atoms with Crippen LogP contribution in [-0.2, 0) is 9.59 Å². The van der Waals surface area contributed by atoms with Crippen LogP contribution in [0.2, 0.25) is 0 Å². The van der Waals surface area contributed by atoms with E-state index in [1.54, 1.807) is 30.3 Å². The first-order chi connectivity index (χ1) is 6.74. The van der Waals surface area contributed by atoms with Crippen LogP contribution in [-0.4, -0.2) is 11.8 Å². The molecule has 0 saturated carbocycles. The van der Waals surface area contributed by atoms with Crippen molar-refractivity contribution in [3.8, 4) is 0 Å². The van der Waals surface area contributed by atoms with Crippen LogP contribution in [0.15, 0.2) is 35.4 Å². The van der Waals surface area contributed by atoms with Crippen LogP contribution in [0.3, 0.4) is 0 Å². The fourth-order valence-corrected chi connectivity index (χ4v) is 0.792. The minimum Gasteiger partial charge on any atom is -0.319 e. The van der Waals surface area contributed by atoms with E-state index >= 15 is 0 Å². The highest BCUT2D eigenvalue weighted by molar-refractivity contribution is 6.40. The lowest BCUT2D eigenvalue weighted by molar-refractivity contribution is -0.134. The van der Waals surface area contributed by atoms with Gasteiger partial charge in [-0.2, -0.15) is 0 Å². The van der Waals surface area contributed by atoms with Crippen LogP contribution in [0.1, 0.15) is 0 Å². The number of rotatable bonds is 1. The van der Waals surface area contributed by atoms with Crippen molar-refractivity contribution in [2.45, 2.75) is 0 Å². The predicted molar refractivity (Wildman–Crippen MR) is 49.2 cm³/mol. The van der Waals surface area contributed by atoms with Crippen LogP contribution < -0.4 is 5.32 Å². The average Bonchev–Trinajstić information content (AvgIpc) is 2.19. The van der Waals surface area contributed by atoms with E-state index in [1.807, 2.05) is 0 Å². The fourth-order valence-electron chi connectivity index (χ4n) is 0.792. The Morgan fingerprint density at radius 3 is 2.50 bits per heavy atom. The standard InChI is InChI=1S/C8H6N4O2/c9-12-11-8(14)7(13)10-6-4-2-1-3-5-6/h1-5H,(H,10,13). The van der Waals surface area contributed by atoms with Crippen LogP contribution >= 0.6 is 0 Å². The Morgan fingerprint density at radius 1 is 1.29 bits per heavy atom. The van der Waals surface area contributed by atoms with E-state index in [-0.39, 0.29) is 0 Å². The van der Waals surface area contributed by atoms with Gasteiger partial charge in [-0.25, -0.2) is 0 Å². The van der Waals surface area contributed by atoms with Gasteiger partial charge < -0.3 is 5.32 Å². The van der Waals surface area contributed by atoms with Gasteiger partial charge in [0, 0.05) is 10.6 Å². The van der Waals surface area contributed by atoms with Crippen LogP contribution in [0.5, 0.6) is 0 Å². The minimum absolute atomic E-state index is 0.471. The smallest absolute Gasteiger partial charge is 0.306 e. The summed E-state index contributed by atoms with van der Waals surface area (Å²) in [5.41, 5.74) is 8.38. The lowest BCUT2D eigenvalue weighted by Gasteiger charge is -1.99. The molecule has 2 amide bonds. The topological polar surface area (TPSA) is 94.9 Å². The second-order valence-corrected chi connectivity index (χ2v) is 2.31. The van der Waals surface area contributed by atoms with E-state index in [2.05, 4.69) is 15.3 Å². The van der Waals surface area contributed by atoms with Crippen molar-refractivity contribution in [3.63, 3.8) is 0 Å². The first-order valence-corrected chi connectivity index (χ1v) is 3.69. The molecule has 0 aliphatic heterocycles. The highest BCUT2D eigenvalue weighted by Crippen LogP contribution is 2.04. The van der Waals surface area contributed by atoms with E-state index < -0.39 is 11.8 Å². The van der Waals surface area contributed by atoms with Gasteiger partial charge in [-0.1, -0.05) is 18.2 Å². The van der Waals surface area contributed by atoms with Gasteiger partial charge in [-0.15, -0.1) is 0 Å². The van der Waals surface area contributed by atoms with Crippen molar-refractivity contribution in [2.24, 2.45) is 5.11 Å². The molecule has 1 rings (SSSR count). The summed E-state index contributed by atoms with van der Waals surface area (Å²) < 4.78 is 0. The summed E-state index contributed by atoms with van der Waals surface area (Å²) >= 11 is 0. The van der Waals surface area contributed by atoms with Gasteiger partial charge in [-0.05, 0) is 22.8 Å². The van der Waals surface area contributed by atoms with E-state index in [4.69, 9.17) is 5.53 Å². The number of nitrogens with zero attached hydrogens (tertiary/aromatic N) is 3. The molecular weight excluding hydrogens is 184 g/mol. The molecule has 6 heteroatoms. The van der Waals surface area contributed by atoms with Crippen molar-refractivity contribution >= 4 is 17.5 Å². The molecule has 70 valence electrons. The first kappa shape index (κ1) is 9.76. The minimum atomic E-state index is -1.16. The maximum atomic E-state index is 11.0. The molecule has 14 heavy (non-hydrogen) atoms. The molecule has 0 spiro atoms. The number of carbonyl (C=O) groups is 2. The second kappa shape index (κ2) is 4.64. The van der Waals surface area contributed by atoms with Gasteiger partial charge in [0.2, 0.25) is 0 Å². The van der Waals surface area contributed by atoms with Crippen LogP contribution in [0.25, 0.3) is 10.4 Å². The number of carbonyl (C=O) groups excluding carboxylic acids is 2. The molecule has 0 aliphatic carbocycles. The number of azide groups is 1. The third-order valence-electron chi connectivity index (χ3n) is 1.36. The van der Waals surface area contributed by atoms with Crippen molar-refractivity contribution in [1.29, 1.82) is 0 Å². The largest absolute Gasteiger partial charge is 0.319 e. The molecule has 0 heterocycles. The summed E-state index contributed by atoms with van der Waals surface area (Å²) in [7, 11) is 0. The molecule has 0 radical (unpaired) electrons.